The van der Waals surface area contributed by atoms with Crippen LogP contribution in [0.1, 0.15) is 17.4 Å². The number of aromatic nitrogens is 2. The number of benzene rings is 1. The van der Waals surface area contributed by atoms with Gasteiger partial charge in [0.1, 0.15) is 5.82 Å². The lowest BCUT2D eigenvalue weighted by atomic mass is 10.1. The molecule has 2 aromatic heterocycles. The number of hydrogen-bond acceptors (Lipinski definition) is 3. The molecule has 0 aliphatic carbocycles. The summed E-state index contributed by atoms with van der Waals surface area (Å²) >= 11 is 1.79. The predicted octanol–water partition coefficient (Wildman–Crippen LogP) is 3.62. The Hall–Kier alpha value is -2.67. The Bertz CT molecular complexity index is 859. The fraction of sp³-hybridized carbons (Fsp3) is 0.300. The Morgan fingerprint density at radius 2 is 2.22 bits per heavy atom. The Kier molecular flexibility index (Phi) is 6.59. The molecule has 0 bridgehead atoms. The first-order valence-corrected chi connectivity index (χ1v) is 9.77. The molecule has 0 aliphatic rings. The number of rotatable bonds is 7. The van der Waals surface area contributed by atoms with Crippen LogP contribution >= 0.6 is 11.3 Å². The lowest BCUT2D eigenvalue weighted by molar-refractivity contribution is 0.562. The second kappa shape index (κ2) is 9.32. The van der Waals surface area contributed by atoms with E-state index in [4.69, 9.17) is 0 Å². The summed E-state index contributed by atoms with van der Waals surface area (Å²) in [5.74, 6) is 0.932. The second-order valence-corrected chi connectivity index (χ2v) is 7.48. The van der Waals surface area contributed by atoms with Crippen LogP contribution in [0.5, 0.6) is 0 Å². The Labute approximate surface area is 163 Å². The van der Waals surface area contributed by atoms with Crippen molar-refractivity contribution in [2.75, 3.05) is 13.6 Å². The number of thiophene rings is 1. The summed E-state index contributed by atoms with van der Waals surface area (Å²) in [5, 5.41) is 8.68. The maximum atomic E-state index is 14.3. The number of hydrogen-bond donors (Lipinski definition) is 2. The van der Waals surface area contributed by atoms with Gasteiger partial charge in [-0.05, 0) is 41.5 Å². The lowest BCUT2D eigenvalue weighted by Gasteiger charge is -2.16. The van der Waals surface area contributed by atoms with E-state index in [1.165, 1.54) is 10.9 Å². The van der Waals surface area contributed by atoms with Crippen LogP contribution in [0.3, 0.4) is 0 Å². The van der Waals surface area contributed by atoms with Gasteiger partial charge in [0.15, 0.2) is 5.96 Å². The van der Waals surface area contributed by atoms with Crippen LogP contribution in [0.4, 0.5) is 4.39 Å². The van der Waals surface area contributed by atoms with E-state index in [9.17, 15) is 4.39 Å². The van der Waals surface area contributed by atoms with Crippen LogP contribution in [0.2, 0.25) is 0 Å². The van der Waals surface area contributed by atoms with E-state index >= 15 is 0 Å². The van der Waals surface area contributed by atoms with Crippen LogP contribution in [0, 0.1) is 11.7 Å². The van der Waals surface area contributed by atoms with Crippen LogP contribution < -0.4 is 10.6 Å². The molecular weight excluding hydrogens is 361 g/mol. The zero-order chi connectivity index (χ0) is 19.1. The summed E-state index contributed by atoms with van der Waals surface area (Å²) in [6.07, 6.45) is 5.98. The van der Waals surface area contributed by atoms with Crippen LogP contribution in [-0.4, -0.2) is 29.1 Å². The maximum Gasteiger partial charge on any atom is 0.191 e. The van der Waals surface area contributed by atoms with Crippen molar-refractivity contribution in [3.8, 4) is 5.69 Å². The summed E-state index contributed by atoms with van der Waals surface area (Å²) in [7, 11) is 1.74. The van der Waals surface area contributed by atoms with Gasteiger partial charge in [0.25, 0.3) is 0 Å². The lowest BCUT2D eigenvalue weighted by Crippen LogP contribution is -2.39. The van der Waals surface area contributed by atoms with Gasteiger partial charge >= 0.3 is 0 Å². The molecule has 1 unspecified atom stereocenters. The maximum absolute atomic E-state index is 14.3. The summed E-state index contributed by atoms with van der Waals surface area (Å²) in [4.78, 5) is 9.58. The highest BCUT2D eigenvalue weighted by Crippen LogP contribution is 2.15. The topological polar surface area (TPSA) is 54.2 Å². The third kappa shape index (κ3) is 5.40. The minimum absolute atomic E-state index is 0.278. The predicted molar refractivity (Wildman–Crippen MR) is 109 cm³/mol. The van der Waals surface area contributed by atoms with E-state index in [1.54, 1.807) is 47.7 Å². The number of nitrogens with zero attached hydrogens (tertiary/aromatic N) is 3. The number of aliphatic imine (C=N–C) groups is 1. The summed E-state index contributed by atoms with van der Waals surface area (Å²) in [5.41, 5.74) is 1.34. The highest BCUT2D eigenvalue weighted by atomic mass is 32.1. The Balaban J connectivity index is 1.50. The third-order valence-electron chi connectivity index (χ3n) is 4.23. The molecule has 142 valence electrons. The molecule has 0 saturated heterocycles. The highest BCUT2D eigenvalue weighted by Gasteiger charge is 2.08. The smallest absolute Gasteiger partial charge is 0.191 e. The minimum Gasteiger partial charge on any atom is -0.356 e. The fourth-order valence-electron chi connectivity index (χ4n) is 2.79. The first-order chi connectivity index (χ1) is 13.2. The average Bonchev–Trinajstić information content (AvgIpc) is 3.36. The van der Waals surface area contributed by atoms with Crippen LogP contribution in [-0.2, 0) is 13.0 Å². The van der Waals surface area contributed by atoms with Crippen LogP contribution in [0.25, 0.3) is 5.69 Å². The zero-order valence-electron chi connectivity index (χ0n) is 15.5. The normalized spacial score (nSPS) is 12.8. The number of nitrogens with one attached hydrogen (secondary N) is 2. The first kappa shape index (κ1) is 19.1. The SMILES string of the molecule is CN=C(NCc1ccc(-n2ccnc2)c(F)c1)NCC(C)Cc1cccs1. The largest absolute Gasteiger partial charge is 0.356 e. The first-order valence-electron chi connectivity index (χ1n) is 8.89. The molecule has 0 radical (unpaired) electrons. The molecular formula is C20H24FN5S. The Morgan fingerprint density at radius 1 is 1.33 bits per heavy atom. The van der Waals surface area contributed by atoms with Crippen molar-refractivity contribution in [2.45, 2.75) is 19.9 Å². The number of halogens is 1. The number of imidazole rings is 1. The molecule has 2 heterocycles. The molecule has 0 aliphatic heterocycles. The van der Waals surface area contributed by atoms with Gasteiger partial charge in [-0.2, -0.15) is 0 Å². The van der Waals surface area contributed by atoms with Crippen molar-refractivity contribution in [3.63, 3.8) is 0 Å². The van der Waals surface area contributed by atoms with E-state index in [1.807, 2.05) is 6.07 Å². The monoisotopic (exact) mass is 385 g/mol. The summed E-state index contributed by atoms with van der Waals surface area (Å²) < 4.78 is 16.0. The molecule has 7 heteroatoms. The molecule has 5 nitrogen and oxygen atoms in total. The van der Waals surface area contributed by atoms with Crippen molar-refractivity contribution < 1.29 is 4.39 Å². The third-order valence-corrected chi connectivity index (χ3v) is 5.12. The molecule has 1 atom stereocenters. The van der Waals surface area contributed by atoms with Gasteiger partial charge in [0.05, 0.1) is 12.0 Å². The van der Waals surface area contributed by atoms with E-state index < -0.39 is 0 Å². The van der Waals surface area contributed by atoms with Gasteiger partial charge in [0.2, 0.25) is 0 Å². The molecule has 0 fully saturated rings. The summed E-state index contributed by atoms with van der Waals surface area (Å²) in [6.45, 7) is 3.54. The van der Waals surface area contributed by atoms with E-state index in [0.29, 0.717) is 24.1 Å². The van der Waals surface area contributed by atoms with Crippen molar-refractivity contribution in [3.05, 3.63) is 70.7 Å². The van der Waals surface area contributed by atoms with Gasteiger partial charge in [-0.25, -0.2) is 9.37 Å². The molecule has 1 aromatic carbocycles. The van der Waals surface area contributed by atoms with E-state index in [0.717, 1.165) is 18.5 Å². The molecule has 0 spiro atoms. The van der Waals surface area contributed by atoms with Gasteiger partial charge in [-0.15, -0.1) is 11.3 Å². The van der Waals surface area contributed by atoms with E-state index in [2.05, 4.69) is 45.0 Å². The van der Waals surface area contributed by atoms with Gasteiger partial charge in [0, 0.05) is 37.4 Å². The quantitative estimate of drug-likeness (QED) is 0.482. The Morgan fingerprint density at radius 3 is 2.89 bits per heavy atom. The molecule has 3 aromatic rings. The van der Waals surface area contributed by atoms with Crippen molar-refractivity contribution >= 4 is 17.3 Å². The fourth-order valence-corrected chi connectivity index (χ4v) is 3.66. The average molecular weight is 386 g/mol. The molecule has 0 saturated carbocycles. The second-order valence-electron chi connectivity index (χ2n) is 6.45. The molecule has 2 N–H and O–H groups in total. The highest BCUT2D eigenvalue weighted by molar-refractivity contribution is 7.09. The minimum atomic E-state index is -0.278. The standard InChI is InChI=1S/C20H24FN5S/c1-15(10-17-4-3-9-27-17)12-24-20(22-2)25-13-16-5-6-19(18(21)11-16)26-8-7-23-14-26/h3-9,11,14-15H,10,12-13H2,1-2H3,(H2,22,24,25). The van der Waals surface area contributed by atoms with Crippen molar-refractivity contribution in [1.82, 2.24) is 20.2 Å². The van der Waals surface area contributed by atoms with Gasteiger partial charge in [-0.1, -0.05) is 19.1 Å². The van der Waals surface area contributed by atoms with Crippen molar-refractivity contribution in [1.29, 1.82) is 0 Å². The molecule has 3 rings (SSSR count). The van der Waals surface area contributed by atoms with Crippen LogP contribution in [0.15, 0.2) is 59.4 Å². The molecule has 27 heavy (non-hydrogen) atoms. The van der Waals surface area contributed by atoms with Gasteiger partial charge in [-0.3, -0.25) is 4.99 Å². The van der Waals surface area contributed by atoms with Crippen molar-refractivity contribution in [2.24, 2.45) is 10.9 Å². The number of guanidine groups is 1. The summed E-state index contributed by atoms with van der Waals surface area (Å²) in [6, 6.07) is 9.44. The molecule has 0 amide bonds. The van der Waals surface area contributed by atoms with E-state index in [-0.39, 0.29) is 5.82 Å². The zero-order valence-corrected chi connectivity index (χ0v) is 16.3. The van der Waals surface area contributed by atoms with Gasteiger partial charge < -0.3 is 15.2 Å².